The lowest BCUT2D eigenvalue weighted by Crippen LogP contribution is -2.01. The third-order valence-electron chi connectivity index (χ3n) is 1.65. The molecule has 0 bridgehead atoms. The van der Waals surface area contributed by atoms with Crippen LogP contribution in [0.3, 0.4) is 0 Å². The molecule has 0 aliphatic rings. The van der Waals surface area contributed by atoms with Crippen molar-refractivity contribution in [1.82, 2.24) is 4.98 Å². The van der Waals surface area contributed by atoms with Crippen molar-refractivity contribution in [2.24, 2.45) is 0 Å². The first kappa shape index (κ1) is 10.3. The zero-order valence-corrected chi connectivity index (χ0v) is 8.21. The van der Waals surface area contributed by atoms with Crippen LogP contribution in [0.2, 0.25) is 0 Å². The largest absolute Gasteiger partial charge is 0.465 e. The van der Waals surface area contributed by atoms with Crippen LogP contribution in [-0.2, 0) is 9.53 Å². The molecule has 0 saturated carbocycles. The van der Waals surface area contributed by atoms with Gasteiger partial charge in [-0.25, -0.2) is 4.79 Å². The molecule has 0 radical (unpaired) electrons. The lowest BCUT2D eigenvalue weighted by atomic mass is 10.2. The summed E-state index contributed by atoms with van der Waals surface area (Å²) in [6.45, 7) is 2.98. The molecule has 1 N–H and O–H groups in total. The lowest BCUT2D eigenvalue weighted by Gasteiger charge is -1.94. The molecule has 1 rings (SSSR count). The number of aryl methyl sites for hydroxylation is 1. The van der Waals surface area contributed by atoms with E-state index in [1.54, 1.807) is 6.92 Å². The number of H-pyrrole nitrogens is 1. The van der Waals surface area contributed by atoms with Crippen molar-refractivity contribution >= 4 is 11.9 Å². The minimum Gasteiger partial charge on any atom is -0.465 e. The number of rotatable bonds is 2. The predicted molar refractivity (Wildman–Crippen MR) is 48.2 cm³/mol. The summed E-state index contributed by atoms with van der Waals surface area (Å²) in [5.74, 6) is -0.657. The summed E-state index contributed by atoms with van der Waals surface area (Å²) in [7, 11) is 1.29. The van der Waals surface area contributed by atoms with Crippen molar-refractivity contribution in [3.05, 3.63) is 17.3 Å². The number of aromatic nitrogens is 1. The molecule has 0 aromatic carbocycles. The first-order chi connectivity index (χ1) is 6.54. The monoisotopic (exact) mass is 197 g/mol. The van der Waals surface area contributed by atoms with Gasteiger partial charge in [0.25, 0.3) is 0 Å². The van der Waals surface area contributed by atoms with Gasteiger partial charge < -0.3 is 14.5 Å². The van der Waals surface area contributed by atoms with Gasteiger partial charge in [-0.2, -0.15) is 0 Å². The van der Waals surface area contributed by atoms with Gasteiger partial charge in [0.05, 0.1) is 12.7 Å². The SMILES string of the molecule is COC(=O)c1cc(OC(C)=O)[nH]c1C. The maximum atomic E-state index is 11.2. The van der Waals surface area contributed by atoms with Crippen molar-refractivity contribution in [3.63, 3.8) is 0 Å². The smallest absolute Gasteiger partial charge is 0.339 e. The maximum Gasteiger partial charge on any atom is 0.339 e. The average molecular weight is 197 g/mol. The van der Waals surface area contributed by atoms with E-state index in [4.69, 9.17) is 4.74 Å². The van der Waals surface area contributed by atoms with Gasteiger partial charge in [0.2, 0.25) is 5.88 Å². The van der Waals surface area contributed by atoms with Gasteiger partial charge in [0.15, 0.2) is 0 Å². The summed E-state index contributed by atoms with van der Waals surface area (Å²) in [5, 5.41) is 0. The highest BCUT2D eigenvalue weighted by Crippen LogP contribution is 2.17. The van der Waals surface area contributed by atoms with Crippen molar-refractivity contribution < 1.29 is 19.1 Å². The Morgan fingerprint density at radius 2 is 2.07 bits per heavy atom. The number of hydrogen-bond acceptors (Lipinski definition) is 4. The average Bonchev–Trinajstić information content (AvgIpc) is 2.44. The molecule has 1 aromatic rings. The number of hydrogen-bond donors (Lipinski definition) is 1. The summed E-state index contributed by atoms with van der Waals surface area (Å²) in [4.78, 5) is 24.5. The fourth-order valence-electron chi connectivity index (χ4n) is 1.06. The van der Waals surface area contributed by atoms with E-state index >= 15 is 0 Å². The van der Waals surface area contributed by atoms with Crippen LogP contribution in [-0.4, -0.2) is 24.0 Å². The van der Waals surface area contributed by atoms with E-state index in [-0.39, 0.29) is 5.88 Å². The van der Waals surface area contributed by atoms with Crippen molar-refractivity contribution in [2.45, 2.75) is 13.8 Å². The molecule has 14 heavy (non-hydrogen) atoms. The van der Waals surface area contributed by atoms with Crippen LogP contribution >= 0.6 is 0 Å². The van der Waals surface area contributed by atoms with Crippen LogP contribution < -0.4 is 4.74 Å². The molecule has 0 aliphatic heterocycles. The fraction of sp³-hybridized carbons (Fsp3) is 0.333. The summed E-state index contributed by atoms with van der Waals surface area (Å²) in [5.41, 5.74) is 0.969. The van der Waals surface area contributed by atoms with Gasteiger partial charge in [-0.15, -0.1) is 0 Å². The normalized spacial score (nSPS) is 9.64. The Balaban J connectivity index is 2.93. The quantitative estimate of drug-likeness (QED) is 0.719. The van der Waals surface area contributed by atoms with E-state index in [0.29, 0.717) is 11.3 Å². The molecule has 0 spiro atoms. The van der Waals surface area contributed by atoms with Crippen LogP contribution in [0.25, 0.3) is 0 Å². The van der Waals surface area contributed by atoms with E-state index in [0.717, 1.165) is 0 Å². The van der Waals surface area contributed by atoms with Gasteiger partial charge in [0, 0.05) is 18.7 Å². The summed E-state index contributed by atoms with van der Waals surface area (Å²) in [6.07, 6.45) is 0. The second kappa shape index (κ2) is 3.95. The minimum absolute atomic E-state index is 0.246. The van der Waals surface area contributed by atoms with Crippen molar-refractivity contribution in [1.29, 1.82) is 0 Å². The molecule has 76 valence electrons. The molecule has 0 aliphatic carbocycles. The molecule has 0 amide bonds. The standard InChI is InChI=1S/C9H11NO4/c1-5-7(9(12)13-3)4-8(10-5)14-6(2)11/h4,10H,1-3H3. The number of nitrogens with one attached hydrogen (secondary N) is 1. The second-order valence-corrected chi connectivity index (χ2v) is 2.76. The Hall–Kier alpha value is -1.78. The first-order valence-corrected chi connectivity index (χ1v) is 4.01. The second-order valence-electron chi connectivity index (χ2n) is 2.76. The molecule has 0 atom stereocenters. The first-order valence-electron chi connectivity index (χ1n) is 4.01. The summed E-state index contributed by atoms with van der Waals surface area (Å²) in [6, 6.07) is 1.43. The van der Waals surface area contributed by atoms with Gasteiger partial charge in [0.1, 0.15) is 0 Å². The summed E-state index contributed by atoms with van der Waals surface area (Å²) >= 11 is 0. The highest BCUT2D eigenvalue weighted by atomic mass is 16.5. The highest BCUT2D eigenvalue weighted by molar-refractivity contribution is 5.91. The number of carbonyl (C=O) groups excluding carboxylic acids is 2. The van der Waals surface area contributed by atoms with Gasteiger partial charge in [-0.05, 0) is 6.92 Å². The maximum absolute atomic E-state index is 11.2. The molecule has 1 heterocycles. The molecule has 0 fully saturated rings. The molecule has 1 aromatic heterocycles. The van der Waals surface area contributed by atoms with Crippen LogP contribution in [0.1, 0.15) is 23.0 Å². The minimum atomic E-state index is -0.461. The molecular formula is C9H11NO4. The number of aromatic amines is 1. The topological polar surface area (TPSA) is 68.4 Å². The van der Waals surface area contributed by atoms with Gasteiger partial charge in [-0.1, -0.05) is 0 Å². The van der Waals surface area contributed by atoms with Gasteiger partial charge >= 0.3 is 11.9 Å². The zero-order valence-electron chi connectivity index (χ0n) is 8.21. The Labute approximate surface area is 81.0 Å². The summed E-state index contributed by atoms with van der Waals surface area (Å²) < 4.78 is 9.30. The number of methoxy groups -OCH3 is 1. The van der Waals surface area contributed by atoms with E-state index in [9.17, 15) is 9.59 Å². The lowest BCUT2D eigenvalue weighted by molar-refractivity contribution is -0.132. The van der Waals surface area contributed by atoms with Crippen molar-refractivity contribution in [2.75, 3.05) is 7.11 Å². The van der Waals surface area contributed by atoms with Crippen LogP contribution in [0.5, 0.6) is 5.88 Å². The fourth-order valence-corrected chi connectivity index (χ4v) is 1.06. The van der Waals surface area contributed by atoms with E-state index in [1.807, 2.05) is 0 Å². The predicted octanol–water partition coefficient (Wildman–Crippen LogP) is 1.04. The third kappa shape index (κ3) is 2.12. The molecule has 0 saturated heterocycles. The Kier molecular flexibility index (Phi) is 2.91. The number of ether oxygens (including phenoxy) is 2. The zero-order chi connectivity index (χ0) is 10.7. The van der Waals surface area contributed by atoms with E-state index < -0.39 is 11.9 Å². The Morgan fingerprint density at radius 3 is 2.57 bits per heavy atom. The van der Waals surface area contributed by atoms with Crippen LogP contribution in [0.4, 0.5) is 0 Å². The molecule has 5 heteroatoms. The third-order valence-corrected chi connectivity index (χ3v) is 1.65. The van der Waals surface area contributed by atoms with Crippen LogP contribution in [0, 0.1) is 6.92 Å². The van der Waals surface area contributed by atoms with Gasteiger partial charge in [-0.3, -0.25) is 4.79 Å². The van der Waals surface area contributed by atoms with Crippen LogP contribution in [0.15, 0.2) is 6.07 Å². The number of esters is 2. The number of carbonyl (C=O) groups is 2. The molecule has 0 unspecified atom stereocenters. The highest BCUT2D eigenvalue weighted by Gasteiger charge is 2.14. The Morgan fingerprint density at radius 1 is 1.43 bits per heavy atom. The van der Waals surface area contributed by atoms with E-state index in [1.165, 1.54) is 20.1 Å². The molecule has 5 nitrogen and oxygen atoms in total. The molecular weight excluding hydrogens is 186 g/mol. The van der Waals surface area contributed by atoms with Crippen molar-refractivity contribution in [3.8, 4) is 5.88 Å². The Bertz CT molecular complexity index is 367. The van der Waals surface area contributed by atoms with E-state index in [2.05, 4.69) is 9.72 Å².